The molecule has 2 aliphatic rings. The molecule has 1 aromatic carbocycles. The fourth-order valence-corrected chi connectivity index (χ4v) is 3.04. The smallest absolute Gasteiger partial charge is 0.225 e. The molecular weight excluding hydrogens is 332 g/mol. The summed E-state index contributed by atoms with van der Waals surface area (Å²) < 4.78 is 11.6. The maximum atomic E-state index is 6.17. The first-order chi connectivity index (χ1) is 12.8. The van der Waals surface area contributed by atoms with E-state index in [9.17, 15) is 0 Å². The number of nitrogens with zero attached hydrogens (tertiary/aromatic N) is 5. The van der Waals surface area contributed by atoms with Gasteiger partial charge in [-0.25, -0.2) is 15.0 Å². The van der Waals surface area contributed by atoms with Gasteiger partial charge in [0.25, 0.3) is 0 Å². The number of hydrogen-bond donors (Lipinski definition) is 1. The number of rotatable bonds is 3. The first kappa shape index (κ1) is 16.4. The van der Waals surface area contributed by atoms with E-state index in [-0.39, 0.29) is 6.10 Å². The summed E-state index contributed by atoms with van der Waals surface area (Å²) in [4.78, 5) is 17.3. The van der Waals surface area contributed by atoms with Crippen LogP contribution in [0.1, 0.15) is 0 Å². The van der Waals surface area contributed by atoms with Gasteiger partial charge >= 0.3 is 0 Å². The number of piperazine rings is 1. The van der Waals surface area contributed by atoms with Crippen molar-refractivity contribution in [2.75, 3.05) is 44.2 Å². The average Bonchev–Trinajstić information content (AvgIpc) is 2.72. The number of nitrogens with two attached hydrogens (primary N) is 1. The molecule has 1 fully saturated rings. The molecule has 4 rings (SSSR count). The van der Waals surface area contributed by atoms with Gasteiger partial charge in [-0.3, -0.25) is 0 Å². The van der Waals surface area contributed by atoms with Crippen molar-refractivity contribution in [1.82, 2.24) is 14.9 Å². The third-order valence-electron chi connectivity index (χ3n) is 4.46. The van der Waals surface area contributed by atoms with Crippen molar-refractivity contribution in [3.8, 4) is 11.5 Å². The second-order valence-corrected chi connectivity index (χ2v) is 6.22. The lowest BCUT2D eigenvalue weighted by molar-refractivity contribution is 0.0969. The zero-order valence-electron chi connectivity index (χ0n) is 14.5. The Bertz CT molecular complexity index is 761. The minimum Gasteiger partial charge on any atom is -0.486 e. The van der Waals surface area contributed by atoms with E-state index in [1.165, 1.54) is 0 Å². The van der Waals surface area contributed by atoms with Crippen molar-refractivity contribution in [2.24, 2.45) is 10.7 Å². The maximum absolute atomic E-state index is 6.17. The maximum Gasteiger partial charge on any atom is 0.225 e. The van der Waals surface area contributed by atoms with Gasteiger partial charge in [-0.1, -0.05) is 12.1 Å². The summed E-state index contributed by atoms with van der Waals surface area (Å²) in [5.74, 6) is 2.84. The van der Waals surface area contributed by atoms with E-state index in [1.54, 1.807) is 12.4 Å². The highest BCUT2D eigenvalue weighted by Gasteiger charge is 2.22. The van der Waals surface area contributed by atoms with Crippen LogP contribution in [-0.4, -0.2) is 66.3 Å². The zero-order chi connectivity index (χ0) is 17.8. The Hall–Kier alpha value is -3.03. The van der Waals surface area contributed by atoms with Crippen LogP contribution in [0.25, 0.3) is 0 Å². The number of ether oxygens (including phenoxy) is 2. The molecule has 3 heterocycles. The molecule has 8 heteroatoms. The lowest BCUT2D eigenvalue weighted by Gasteiger charge is -2.35. The van der Waals surface area contributed by atoms with Gasteiger partial charge in [0.05, 0.1) is 6.54 Å². The Morgan fingerprint density at radius 1 is 1.08 bits per heavy atom. The Morgan fingerprint density at radius 2 is 1.81 bits per heavy atom. The predicted octanol–water partition coefficient (Wildman–Crippen LogP) is 0.753. The molecule has 0 aliphatic carbocycles. The van der Waals surface area contributed by atoms with Gasteiger partial charge in [0, 0.05) is 38.6 Å². The van der Waals surface area contributed by atoms with E-state index < -0.39 is 0 Å². The van der Waals surface area contributed by atoms with E-state index in [0.717, 1.165) is 43.6 Å². The van der Waals surface area contributed by atoms with Crippen molar-refractivity contribution < 1.29 is 9.47 Å². The minimum absolute atomic E-state index is 0.123. The van der Waals surface area contributed by atoms with Crippen LogP contribution in [-0.2, 0) is 0 Å². The third-order valence-corrected chi connectivity index (χ3v) is 4.46. The van der Waals surface area contributed by atoms with Crippen LogP contribution >= 0.6 is 0 Å². The highest BCUT2D eigenvalue weighted by molar-refractivity contribution is 5.78. The molecule has 1 atom stereocenters. The third kappa shape index (κ3) is 3.63. The van der Waals surface area contributed by atoms with Crippen molar-refractivity contribution >= 4 is 11.9 Å². The van der Waals surface area contributed by atoms with Gasteiger partial charge in [-0.05, 0) is 18.2 Å². The summed E-state index contributed by atoms with van der Waals surface area (Å²) in [6.07, 6.45) is 3.39. The van der Waals surface area contributed by atoms with Crippen LogP contribution < -0.4 is 20.1 Å². The van der Waals surface area contributed by atoms with Gasteiger partial charge < -0.3 is 25.0 Å². The predicted molar refractivity (Wildman–Crippen MR) is 98.7 cm³/mol. The van der Waals surface area contributed by atoms with E-state index in [1.807, 2.05) is 30.3 Å². The largest absolute Gasteiger partial charge is 0.486 e. The molecule has 2 N–H and O–H groups in total. The van der Waals surface area contributed by atoms with E-state index in [0.29, 0.717) is 19.1 Å². The summed E-state index contributed by atoms with van der Waals surface area (Å²) in [6.45, 7) is 4.17. The first-order valence-corrected chi connectivity index (χ1v) is 8.75. The number of benzene rings is 1. The number of fused-ring (bicyclic) bond motifs is 1. The first-order valence-electron chi connectivity index (χ1n) is 8.75. The van der Waals surface area contributed by atoms with E-state index in [2.05, 4.69) is 24.8 Å². The Morgan fingerprint density at radius 3 is 2.58 bits per heavy atom. The Labute approximate surface area is 152 Å². The standard InChI is InChI=1S/C18H22N6O2/c19-17(22-12-14-13-25-15-4-1-2-5-16(15)26-14)23-8-10-24(11-9-23)18-20-6-3-7-21-18/h1-7,14H,8-13H2,(H2,19,22). The molecule has 1 aromatic heterocycles. The molecule has 2 aliphatic heterocycles. The number of para-hydroxylation sites is 2. The van der Waals surface area contributed by atoms with Crippen LogP contribution in [0.2, 0.25) is 0 Å². The fourth-order valence-electron chi connectivity index (χ4n) is 3.04. The number of anilines is 1. The normalized spacial score (nSPS) is 20.2. The fraction of sp³-hybridized carbons (Fsp3) is 0.389. The minimum atomic E-state index is -0.123. The number of guanidine groups is 1. The number of aromatic nitrogens is 2. The molecule has 8 nitrogen and oxygen atoms in total. The van der Waals surface area contributed by atoms with Gasteiger partial charge in [0.1, 0.15) is 6.61 Å². The van der Waals surface area contributed by atoms with Crippen LogP contribution in [0, 0.1) is 0 Å². The summed E-state index contributed by atoms with van der Waals surface area (Å²) >= 11 is 0. The quantitative estimate of drug-likeness (QED) is 0.643. The monoisotopic (exact) mass is 354 g/mol. The molecule has 0 radical (unpaired) electrons. The summed E-state index contributed by atoms with van der Waals surface area (Å²) in [5.41, 5.74) is 6.17. The number of aliphatic imine (C=N–C) groups is 1. The SMILES string of the molecule is NC(=NCC1COc2ccccc2O1)N1CCN(c2ncccn2)CC1. The van der Waals surface area contributed by atoms with Crippen molar-refractivity contribution in [3.05, 3.63) is 42.7 Å². The zero-order valence-corrected chi connectivity index (χ0v) is 14.5. The molecular formula is C18H22N6O2. The highest BCUT2D eigenvalue weighted by atomic mass is 16.6. The average molecular weight is 354 g/mol. The van der Waals surface area contributed by atoms with Gasteiger partial charge in [-0.15, -0.1) is 0 Å². The van der Waals surface area contributed by atoms with Crippen molar-refractivity contribution in [3.63, 3.8) is 0 Å². The van der Waals surface area contributed by atoms with E-state index >= 15 is 0 Å². The molecule has 0 saturated carbocycles. The summed E-state index contributed by atoms with van der Waals surface area (Å²) in [6, 6.07) is 9.48. The lowest BCUT2D eigenvalue weighted by Crippen LogP contribution is -2.51. The van der Waals surface area contributed by atoms with Gasteiger partial charge in [0.2, 0.25) is 5.95 Å². The van der Waals surface area contributed by atoms with Crippen molar-refractivity contribution in [1.29, 1.82) is 0 Å². The molecule has 2 aromatic rings. The Balaban J connectivity index is 1.29. The molecule has 0 spiro atoms. The Kier molecular flexibility index (Phi) is 4.72. The van der Waals surface area contributed by atoms with Crippen LogP contribution in [0.15, 0.2) is 47.7 Å². The van der Waals surface area contributed by atoms with Gasteiger partial charge in [0.15, 0.2) is 23.6 Å². The summed E-state index contributed by atoms with van der Waals surface area (Å²) in [5, 5.41) is 0. The topological polar surface area (TPSA) is 89.1 Å². The molecule has 1 saturated heterocycles. The second kappa shape index (κ2) is 7.47. The van der Waals surface area contributed by atoms with Crippen molar-refractivity contribution in [2.45, 2.75) is 6.10 Å². The van der Waals surface area contributed by atoms with Crippen LogP contribution in [0.5, 0.6) is 11.5 Å². The molecule has 0 bridgehead atoms. The molecule has 26 heavy (non-hydrogen) atoms. The lowest BCUT2D eigenvalue weighted by atomic mass is 10.2. The molecule has 1 unspecified atom stereocenters. The second-order valence-electron chi connectivity index (χ2n) is 6.22. The van der Waals surface area contributed by atoms with Crippen LogP contribution in [0.3, 0.4) is 0 Å². The highest BCUT2D eigenvalue weighted by Crippen LogP contribution is 2.30. The molecule has 136 valence electrons. The van der Waals surface area contributed by atoms with E-state index in [4.69, 9.17) is 15.2 Å². The molecule has 0 amide bonds. The van der Waals surface area contributed by atoms with Crippen LogP contribution in [0.4, 0.5) is 5.95 Å². The van der Waals surface area contributed by atoms with Gasteiger partial charge in [-0.2, -0.15) is 0 Å². The number of hydrogen-bond acceptors (Lipinski definition) is 6. The summed E-state index contributed by atoms with van der Waals surface area (Å²) in [7, 11) is 0.